The highest BCUT2D eigenvalue weighted by molar-refractivity contribution is 7.89. The molecular weight excluding hydrogens is 316 g/mol. The van der Waals surface area contributed by atoms with Gasteiger partial charge in [-0.25, -0.2) is 13.6 Å². The van der Waals surface area contributed by atoms with Crippen molar-refractivity contribution in [3.05, 3.63) is 41.5 Å². The number of primary sulfonamides is 1. The normalized spacial score (nSPS) is 16.7. The van der Waals surface area contributed by atoms with Crippen LogP contribution >= 0.6 is 0 Å². The van der Waals surface area contributed by atoms with Crippen LogP contribution in [0.1, 0.15) is 49.0 Å². The first-order chi connectivity index (χ1) is 10.8. The van der Waals surface area contributed by atoms with Crippen LogP contribution in [-0.4, -0.2) is 30.5 Å². The highest BCUT2D eigenvalue weighted by Crippen LogP contribution is 2.38. The molecule has 0 radical (unpaired) electrons. The Balaban J connectivity index is 1.67. The summed E-state index contributed by atoms with van der Waals surface area (Å²) in [5, 5.41) is 9.12. The quantitative estimate of drug-likeness (QED) is 0.862. The van der Waals surface area contributed by atoms with Gasteiger partial charge in [-0.1, -0.05) is 17.3 Å². The Morgan fingerprint density at radius 3 is 2.57 bits per heavy atom. The summed E-state index contributed by atoms with van der Waals surface area (Å²) in [4.78, 5) is 6.60. The zero-order chi connectivity index (χ0) is 16.6. The van der Waals surface area contributed by atoms with Crippen LogP contribution < -0.4 is 5.14 Å². The lowest BCUT2D eigenvalue weighted by atomic mass is 10.1. The minimum atomic E-state index is -3.66. The molecule has 1 aliphatic rings. The average molecular weight is 336 g/mol. The molecule has 1 aromatic heterocycles. The molecule has 7 nitrogen and oxygen atoms in total. The van der Waals surface area contributed by atoms with E-state index in [9.17, 15) is 8.42 Å². The molecule has 1 saturated carbocycles. The fourth-order valence-electron chi connectivity index (χ4n) is 2.38. The zero-order valence-corrected chi connectivity index (χ0v) is 14.0. The summed E-state index contributed by atoms with van der Waals surface area (Å²) < 4.78 is 27.9. The maximum Gasteiger partial charge on any atom is 0.240 e. The fourth-order valence-corrected chi connectivity index (χ4v) is 2.90. The number of nitrogens with zero attached hydrogens (tertiary/aromatic N) is 3. The summed E-state index contributed by atoms with van der Waals surface area (Å²) in [6.07, 6.45) is 2.28. The van der Waals surface area contributed by atoms with Crippen LogP contribution in [0.15, 0.2) is 33.7 Å². The van der Waals surface area contributed by atoms with E-state index in [2.05, 4.69) is 15.0 Å². The van der Waals surface area contributed by atoms with Crippen molar-refractivity contribution in [1.82, 2.24) is 15.0 Å². The van der Waals surface area contributed by atoms with Gasteiger partial charge < -0.3 is 4.52 Å². The molecule has 0 spiro atoms. The van der Waals surface area contributed by atoms with Crippen molar-refractivity contribution < 1.29 is 12.9 Å². The van der Waals surface area contributed by atoms with Crippen molar-refractivity contribution in [1.29, 1.82) is 0 Å². The largest absolute Gasteiger partial charge is 0.338 e. The maximum atomic E-state index is 11.3. The van der Waals surface area contributed by atoms with E-state index >= 15 is 0 Å². The van der Waals surface area contributed by atoms with Crippen molar-refractivity contribution in [2.24, 2.45) is 5.14 Å². The predicted molar refractivity (Wildman–Crippen MR) is 84.0 cm³/mol. The smallest absolute Gasteiger partial charge is 0.240 e. The summed E-state index contributed by atoms with van der Waals surface area (Å²) in [6, 6.07) is 6.65. The molecule has 2 aromatic rings. The summed E-state index contributed by atoms with van der Waals surface area (Å²) in [5.74, 6) is 1.88. The first-order valence-electron chi connectivity index (χ1n) is 7.50. The minimum Gasteiger partial charge on any atom is -0.338 e. The van der Waals surface area contributed by atoms with Gasteiger partial charge in [0.2, 0.25) is 15.9 Å². The van der Waals surface area contributed by atoms with Crippen LogP contribution in [-0.2, 0) is 16.6 Å². The lowest BCUT2D eigenvalue weighted by Gasteiger charge is -2.23. The molecule has 3 rings (SSSR count). The van der Waals surface area contributed by atoms with Gasteiger partial charge in [-0.3, -0.25) is 4.90 Å². The van der Waals surface area contributed by atoms with Gasteiger partial charge in [0.25, 0.3) is 0 Å². The van der Waals surface area contributed by atoms with Crippen molar-refractivity contribution in [3.63, 3.8) is 0 Å². The van der Waals surface area contributed by atoms with Crippen LogP contribution in [0.3, 0.4) is 0 Å². The van der Waals surface area contributed by atoms with Crippen LogP contribution in [0, 0.1) is 0 Å². The third-order valence-corrected chi connectivity index (χ3v) is 5.09. The predicted octanol–water partition coefficient (Wildman–Crippen LogP) is 1.79. The Kier molecular flexibility index (Phi) is 4.22. The molecular formula is C15H20N4O3S. The van der Waals surface area contributed by atoms with Gasteiger partial charge in [-0.2, -0.15) is 4.98 Å². The van der Waals surface area contributed by atoms with Gasteiger partial charge >= 0.3 is 0 Å². The van der Waals surface area contributed by atoms with Gasteiger partial charge in [-0.05, 0) is 44.5 Å². The molecule has 1 unspecified atom stereocenters. The maximum absolute atomic E-state index is 11.3. The molecule has 0 bridgehead atoms. The van der Waals surface area contributed by atoms with Crippen LogP contribution in [0.4, 0.5) is 0 Å². The van der Waals surface area contributed by atoms with Gasteiger partial charge in [0.15, 0.2) is 5.82 Å². The molecule has 0 saturated heterocycles. The first kappa shape index (κ1) is 16.1. The second-order valence-electron chi connectivity index (χ2n) is 6.03. The molecule has 2 N–H and O–H groups in total. The first-order valence-corrected chi connectivity index (χ1v) is 9.04. The molecule has 23 heavy (non-hydrogen) atoms. The summed E-state index contributed by atoms with van der Waals surface area (Å²) >= 11 is 0. The van der Waals surface area contributed by atoms with Crippen molar-refractivity contribution in [3.8, 4) is 0 Å². The number of nitrogens with two attached hydrogens (primary N) is 1. The van der Waals surface area contributed by atoms with E-state index in [1.54, 1.807) is 12.1 Å². The second kappa shape index (κ2) is 6.03. The van der Waals surface area contributed by atoms with Gasteiger partial charge in [-0.15, -0.1) is 0 Å². The highest BCUT2D eigenvalue weighted by Gasteiger charge is 2.29. The Labute approximate surface area is 135 Å². The molecule has 0 amide bonds. The molecule has 1 atom stereocenters. The third-order valence-electron chi connectivity index (χ3n) is 4.16. The average Bonchev–Trinajstić information content (AvgIpc) is 3.26. The Morgan fingerprint density at radius 2 is 2.00 bits per heavy atom. The number of hydrogen-bond donors (Lipinski definition) is 1. The van der Waals surface area contributed by atoms with E-state index in [1.165, 1.54) is 12.1 Å². The monoisotopic (exact) mass is 336 g/mol. The van der Waals surface area contributed by atoms with Crippen molar-refractivity contribution >= 4 is 10.0 Å². The lowest BCUT2D eigenvalue weighted by molar-refractivity contribution is 0.216. The van der Waals surface area contributed by atoms with Crippen LogP contribution in [0.5, 0.6) is 0 Å². The summed E-state index contributed by atoms with van der Waals surface area (Å²) in [6.45, 7) is 2.57. The Bertz CT molecular complexity index is 781. The van der Waals surface area contributed by atoms with Crippen LogP contribution in [0.2, 0.25) is 0 Å². The van der Waals surface area contributed by atoms with Crippen molar-refractivity contribution in [2.75, 3.05) is 7.05 Å². The number of aromatic nitrogens is 2. The van der Waals surface area contributed by atoms with E-state index in [0.717, 1.165) is 24.2 Å². The SMILES string of the molecule is CC(c1ccc(S(N)(=O)=O)cc1)N(C)Cc1nc(C2CC2)no1. The van der Waals surface area contributed by atoms with Gasteiger partial charge in [0.05, 0.1) is 11.4 Å². The molecule has 1 aliphatic carbocycles. The van der Waals surface area contributed by atoms with E-state index in [1.807, 2.05) is 14.0 Å². The van der Waals surface area contributed by atoms with Gasteiger partial charge in [0.1, 0.15) is 0 Å². The summed E-state index contributed by atoms with van der Waals surface area (Å²) in [7, 11) is -1.70. The van der Waals surface area contributed by atoms with Crippen LogP contribution in [0.25, 0.3) is 0 Å². The molecule has 8 heteroatoms. The topological polar surface area (TPSA) is 102 Å². The number of hydrogen-bond acceptors (Lipinski definition) is 6. The van der Waals surface area contributed by atoms with E-state index < -0.39 is 10.0 Å². The lowest BCUT2D eigenvalue weighted by Crippen LogP contribution is -2.22. The Morgan fingerprint density at radius 1 is 1.35 bits per heavy atom. The molecule has 0 aliphatic heterocycles. The summed E-state index contributed by atoms with van der Waals surface area (Å²) in [5.41, 5.74) is 0.988. The Hall–Kier alpha value is -1.77. The fraction of sp³-hybridized carbons (Fsp3) is 0.467. The molecule has 1 aromatic carbocycles. The van der Waals surface area contributed by atoms with Gasteiger partial charge in [0, 0.05) is 12.0 Å². The number of sulfonamides is 1. The molecule has 1 heterocycles. The minimum absolute atomic E-state index is 0.0702. The standard InChI is InChI=1S/C15H20N4O3S/c1-10(11-5-7-13(8-6-11)23(16,20)21)19(2)9-14-17-15(18-22-14)12-3-4-12/h5-8,10,12H,3-4,9H2,1-2H3,(H2,16,20,21). The van der Waals surface area contributed by atoms with E-state index in [0.29, 0.717) is 18.4 Å². The highest BCUT2D eigenvalue weighted by atomic mass is 32.2. The zero-order valence-electron chi connectivity index (χ0n) is 13.1. The molecule has 1 fully saturated rings. The van der Waals surface area contributed by atoms with E-state index in [4.69, 9.17) is 9.66 Å². The second-order valence-corrected chi connectivity index (χ2v) is 7.59. The molecule has 124 valence electrons. The van der Waals surface area contributed by atoms with E-state index in [-0.39, 0.29) is 10.9 Å². The van der Waals surface area contributed by atoms with Crippen molar-refractivity contribution in [2.45, 2.75) is 43.2 Å². The number of benzene rings is 1. The third kappa shape index (κ3) is 3.77. The number of rotatable bonds is 6.